The average molecular weight is 440 g/mol. The van der Waals surface area contributed by atoms with Crippen molar-refractivity contribution in [2.24, 2.45) is 4.99 Å². The van der Waals surface area contributed by atoms with Gasteiger partial charge < -0.3 is 20.3 Å². The summed E-state index contributed by atoms with van der Waals surface area (Å²) in [6, 6.07) is 0. The smallest absolute Gasteiger partial charge is 0.191 e. The molecular formula is C17H37IN4O. The average Bonchev–Trinajstić information content (AvgIpc) is 2.78. The van der Waals surface area contributed by atoms with Crippen molar-refractivity contribution in [3.05, 3.63) is 0 Å². The molecule has 1 aliphatic rings. The van der Waals surface area contributed by atoms with Gasteiger partial charge in [0.2, 0.25) is 0 Å². The molecule has 1 fully saturated rings. The summed E-state index contributed by atoms with van der Waals surface area (Å²) in [5.41, 5.74) is -0.214. The molecule has 0 unspecified atom stereocenters. The lowest BCUT2D eigenvalue weighted by molar-refractivity contribution is 0.0310. The second-order valence-electron chi connectivity index (χ2n) is 6.70. The molecule has 1 rings (SSSR count). The fraction of sp³-hybridized carbons (Fsp3) is 0.941. The molecule has 0 aliphatic carbocycles. The lowest BCUT2D eigenvalue weighted by Crippen LogP contribution is -2.40. The number of hydrogen-bond acceptors (Lipinski definition) is 3. The van der Waals surface area contributed by atoms with Crippen molar-refractivity contribution < 1.29 is 4.74 Å². The highest BCUT2D eigenvalue weighted by atomic mass is 127. The summed E-state index contributed by atoms with van der Waals surface area (Å²) in [7, 11) is 1.73. The maximum Gasteiger partial charge on any atom is 0.191 e. The predicted octanol–water partition coefficient (Wildman–Crippen LogP) is 2.85. The summed E-state index contributed by atoms with van der Waals surface area (Å²) in [6.45, 7) is 12.4. The fourth-order valence-electron chi connectivity index (χ4n) is 2.54. The third-order valence-corrected chi connectivity index (χ3v) is 4.16. The quantitative estimate of drug-likeness (QED) is 0.264. The molecule has 0 aromatic heterocycles. The molecule has 0 amide bonds. The van der Waals surface area contributed by atoms with Crippen LogP contribution >= 0.6 is 24.0 Å². The minimum atomic E-state index is -0.214. The normalized spacial score (nSPS) is 17.3. The fourth-order valence-corrected chi connectivity index (χ4v) is 2.54. The molecule has 0 atom stereocenters. The molecule has 0 radical (unpaired) electrons. The van der Waals surface area contributed by atoms with Gasteiger partial charge in [-0.25, -0.2) is 0 Å². The number of guanidine groups is 1. The number of likely N-dealkylation sites (tertiary alicyclic amines) is 1. The van der Waals surface area contributed by atoms with E-state index in [1.165, 1.54) is 45.3 Å². The third-order valence-electron chi connectivity index (χ3n) is 4.16. The van der Waals surface area contributed by atoms with Gasteiger partial charge in [0.05, 0.1) is 12.1 Å². The van der Waals surface area contributed by atoms with Crippen molar-refractivity contribution in [1.29, 1.82) is 0 Å². The Kier molecular flexibility index (Phi) is 13.2. The first-order chi connectivity index (χ1) is 10.6. The molecule has 0 aromatic rings. The number of halogens is 1. The van der Waals surface area contributed by atoms with Gasteiger partial charge in [0.1, 0.15) is 0 Å². The van der Waals surface area contributed by atoms with Crippen molar-refractivity contribution >= 4 is 29.9 Å². The van der Waals surface area contributed by atoms with E-state index in [0.717, 1.165) is 25.5 Å². The Labute approximate surface area is 160 Å². The molecule has 0 aromatic carbocycles. The van der Waals surface area contributed by atoms with Gasteiger partial charge in [0.15, 0.2) is 5.96 Å². The first kappa shape index (κ1) is 22.9. The van der Waals surface area contributed by atoms with E-state index in [0.29, 0.717) is 6.54 Å². The molecule has 2 N–H and O–H groups in total. The van der Waals surface area contributed by atoms with Crippen molar-refractivity contribution in [2.45, 2.75) is 58.5 Å². The molecule has 23 heavy (non-hydrogen) atoms. The maximum atomic E-state index is 5.41. The lowest BCUT2D eigenvalue weighted by atomic mass is 10.1. The molecule has 1 aliphatic heterocycles. The minimum Gasteiger partial charge on any atom is -0.377 e. The zero-order valence-electron chi connectivity index (χ0n) is 15.5. The van der Waals surface area contributed by atoms with Gasteiger partial charge in [0.25, 0.3) is 0 Å². The highest BCUT2D eigenvalue weighted by Crippen LogP contribution is 2.09. The van der Waals surface area contributed by atoms with E-state index < -0.39 is 0 Å². The lowest BCUT2D eigenvalue weighted by Gasteiger charge is -2.22. The van der Waals surface area contributed by atoms with Gasteiger partial charge in [-0.1, -0.05) is 12.8 Å². The molecule has 1 heterocycles. The molecule has 5 nitrogen and oxygen atoms in total. The molecule has 0 saturated carbocycles. The zero-order valence-corrected chi connectivity index (χ0v) is 17.8. The zero-order chi connectivity index (χ0) is 16.3. The Bertz CT molecular complexity index is 316. The van der Waals surface area contributed by atoms with Crippen molar-refractivity contribution in [3.8, 4) is 0 Å². The van der Waals surface area contributed by atoms with Gasteiger partial charge in [0, 0.05) is 20.2 Å². The van der Waals surface area contributed by atoms with Gasteiger partial charge in [-0.3, -0.25) is 4.99 Å². The Morgan fingerprint density at radius 3 is 2.35 bits per heavy atom. The van der Waals surface area contributed by atoms with Gasteiger partial charge >= 0.3 is 0 Å². The van der Waals surface area contributed by atoms with Crippen molar-refractivity contribution in [1.82, 2.24) is 15.5 Å². The standard InChI is InChI=1S/C17H36N4O.HI/c1-5-18-16(20-15-17(2,3)22-4)19-11-10-14-21-12-8-6-7-9-13-21;/h5-15H2,1-4H3,(H2,18,19,20);1H. The Hall–Kier alpha value is -0.0800. The molecule has 0 spiro atoms. The highest BCUT2D eigenvalue weighted by Gasteiger charge is 2.15. The Morgan fingerprint density at radius 1 is 1.13 bits per heavy atom. The van der Waals surface area contributed by atoms with E-state index in [1.807, 2.05) is 0 Å². The SMILES string of the molecule is CCNC(=NCC(C)(C)OC)NCCCN1CCCCCC1.I. The highest BCUT2D eigenvalue weighted by molar-refractivity contribution is 14.0. The van der Waals surface area contributed by atoms with Crippen LogP contribution in [0.5, 0.6) is 0 Å². The van der Waals surface area contributed by atoms with Crippen LogP contribution in [0.1, 0.15) is 52.9 Å². The van der Waals surface area contributed by atoms with Gasteiger partial charge in [-0.2, -0.15) is 0 Å². The molecule has 0 bridgehead atoms. The first-order valence-corrected chi connectivity index (χ1v) is 8.87. The van der Waals surface area contributed by atoms with E-state index in [2.05, 4.69) is 41.3 Å². The Balaban J connectivity index is 0.00000484. The number of rotatable bonds is 8. The largest absolute Gasteiger partial charge is 0.377 e. The number of methoxy groups -OCH3 is 1. The van der Waals surface area contributed by atoms with E-state index in [9.17, 15) is 0 Å². The summed E-state index contributed by atoms with van der Waals surface area (Å²) in [5.74, 6) is 0.892. The van der Waals surface area contributed by atoms with Crippen molar-refractivity contribution in [3.63, 3.8) is 0 Å². The maximum absolute atomic E-state index is 5.41. The van der Waals surface area contributed by atoms with Crippen LogP contribution in [-0.2, 0) is 4.74 Å². The van der Waals surface area contributed by atoms with Crippen LogP contribution in [0.2, 0.25) is 0 Å². The summed E-state index contributed by atoms with van der Waals surface area (Å²) >= 11 is 0. The van der Waals surface area contributed by atoms with Crippen LogP contribution in [0.3, 0.4) is 0 Å². The van der Waals surface area contributed by atoms with Crippen LogP contribution in [0.25, 0.3) is 0 Å². The molecule has 1 saturated heterocycles. The number of ether oxygens (including phenoxy) is 1. The summed E-state index contributed by atoms with van der Waals surface area (Å²) in [4.78, 5) is 7.22. The predicted molar refractivity (Wildman–Crippen MR) is 110 cm³/mol. The number of nitrogens with one attached hydrogen (secondary N) is 2. The summed E-state index contributed by atoms with van der Waals surface area (Å²) in [5, 5.41) is 6.73. The van der Waals surface area contributed by atoms with Gasteiger partial charge in [-0.15, -0.1) is 24.0 Å². The van der Waals surface area contributed by atoms with E-state index in [-0.39, 0.29) is 29.6 Å². The topological polar surface area (TPSA) is 48.9 Å². The molecule has 6 heteroatoms. The second kappa shape index (κ2) is 13.2. The van der Waals surface area contributed by atoms with Crippen LogP contribution in [0.15, 0.2) is 4.99 Å². The van der Waals surface area contributed by atoms with E-state index in [1.54, 1.807) is 7.11 Å². The van der Waals surface area contributed by atoms with Crippen LogP contribution < -0.4 is 10.6 Å². The number of nitrogens with zero attached hydrogens (tertiary/aromatic N) is 2. The van der Waals surface area contributed by atoms with Gasteiger partial charge in [-0.05, 0) is 59.7 Å². The first-order valence-electron chi connectivity index (χ1n) is 8.87. The second-order valence-corrected chi connectivity index (χ2v) is 6.70. The summed E-state index contributed by atoms with van der Waals surface area (Å²) < 4.78 is 5.41. The molecule has 138 valence electrons. The van der Waals surface area contributed by atoms with E-state index >= 15 is 0 Å². The monoisotopic (exact) mass is 440 g/mol. The minimum absolute atomic E-state index is 0. The molecular weight excluding hydrogens is 403 g/mol. The van der Waals surface area contributed by atoms with Crippen LogP contribution in [0, 0.1) is 0 Å². The van der Waals surface area contributed by atoms with Crippen LogP contribution in [0.4, 0.5) is 0 Å². The van der Waals surface area contributed by atoms with Crippen molar-refractivity contribution in [2.75, 3.05) is 46.4 Å². The number of aliphatic imine (C=N–C) groups is 1. The van der Waals surface area contributed by atoms with Crippen LogP contribution in [-0.4, -0.2) is 62.8 Å². The van der Waals surface area contributed by atoms with E-state index in [4.69, 9.17) is 4.74 Å². The Morgan fingerprint density at radius 2 is 1.78 bits per heavy atom. The third kappa shape index (κ3) is 11.2. The number of hydrogen-bond donors (Lipinski definition) is 2. The summed E-state index contributed by atoms with van der Waals surface area (Å²) in [6.07, 6.45) is 6.70.